The molecule has 2 N–H and O–H groups in total. The predicted octanol–water partition coefficient (Wildman–Crippen LogP) is 5.07. The molecule has 0 saturated heterocycles. The predicted molar refractivity (Wildman–Crippen MR) is 110 cm³/mol. The van der Waals surface area contributed by atoms with Crippen LogP contribution in [0.25, 0.3) is 22.4 Å². The molecule has 2 aromatic carbocycles. The maximum Gasteiger partial charge on any atom is 0.126 e. The highest BCUT2D eigenvalue weighted by atomic mass is 19.1. The summed E-state index contributed by atoms with van der Waals surface area (Å²) in [6, 6.07) is 19.9. The van der Waals surface area contributed by atoms with Crippen LogP contribution in [-0.4, -0.2) is 15.2 Å². The number of nitriles is 1. The summed E-state index contributed by atoms with van der Waals surface area (Å²) in [6.07, 6.45) is 1.75. The van der Waals surface area contributed by atoms with Gasteiger partial charge in [0, 0.05) is 11.8 Å². The minimum atomic E-state index is -0.288. The molecule has 0 atom stereocenters. The van der Waals surface area contributed by atoms with Gasteiger partial charge in [-0.05, 0) is 66.1 Å². The largest absolute Gasteiger partial charge is 0.364 e. The third kappa shape index (κ3) is 4.14. The Hall–Kier alpha value is -3.98. The molecule has 0 spiro atoms. The van der Waals surface area contributed by atoms with Crippen molar-refractivity contribution in [3.8, 4) is 28.5 Å². The number of pyridine rings is 1. The van der Waals surface area contributed by atoms with Crippen molar-refractivity contribution in [2.24, 2.45) is 0 Å². The molecule has 4 rings (SSSR count). The van der Waals surface area contributed by atoms with E-state index in [0.717, 1.165) is 33.8 Å². The quantitative estimate of drug-likeness (QED) is 0.504. The first kappa shape index (κ1) is 18.4. The number of nitrogens with one attached hydrogen (secondary N) is 2. The van der Waals surface area contributed by atoms with E-state index in [4.69, 9.17) is 5.26 Å². The molecule has 0 aliphatic heterocycles. The molecule has 0 fully saturated rings. The van der Waals surface area contributed by atoms with Crippen LogP contribution in [0, 0.1) is 24.1 Å². The van der Waals surface area contributed by atoms with Gasteiger partial charge in [0.25, 0.3) is 0 Å². The molecule has 142 valence electrons. The van der Waals surface area contributed by atoms with Crippen LogP contribution >= 0.6 is 0 Å². The average molecular weight is 383 g/mol. The third-order valence-corrected chi connectivity index (χ3v) is 4.64. The average Bonchev–Trinajstić information content (AvgIpc) is 3.21. The second kappa shape index (κ2) is 7.95. The van der Waals surface area contributed by atoms with Crippen molar-refractivity contribution in [3.63, 3.8) is 0 Å². The SMILES string of the molecule is Cc1cc(C#N)ccc1-c1ccnc(NCc2cc(-c3cccc(F)c3)n[nH]2)c1. The number of benzene rings is 2. The van der Waals surface area contributed by atoms with E-state index in [-0.39, 0.29) is 5.82 Å². The number of anilines is 1. The summed E-state index contributed by atoms with van der Waals surface area (Å²) in [7, 11) is 0. The Labute approximate surface area is 167 Å². The highest BCUT2D eigenvalue weighted by Gasteiger charge is 2.07. The van der Waals surface area contributed by atoms with Crippen molar-refractivity contribution in [1.82, 2.24) is 15.2 Å². The lowest BCUT2D eigenvalue weighted by Crippen LogP contribution is -2.01. The zero-order chi connectivity index (χ0) is 20.2. The van der Waals surface area contributed by atoms with Gasteiger partial charge in [0.2, 0.25) is 0 Å². The van der Waals surface area contributed by atoms with E-state index in [2.05, 4.69) is 26.6 Å². The first-order valence-electron chi connectivity index (χ1n) is 9.13. The summed E-state index contributed by atoms with van der Waals surface area (Å²) < 4.78 is 13.4. The van der Waals surface area contributed by atoms with Gasteiger partial charge < -0.3 is 5.32 Å². The molecule has 6 heteroatoms. The standard InChI is InChI=1S/C23H18FN5/c1-15-9-16(13-25)5-6-21(15)17-7-8-26-23(11-17)27-14-20-12-22(29-28-20)18-3-2-4-19(24)10-18/h2-12H,14H2,1H3,(H,26,27)(H,28,29). The normalized spacial score (nSPS) is 10.5. The van der Waals surface area contributed by atoms with E-state index in [1.165, 1.54) is 12.1 Å². The number of rotatable bonds is 5. The van der Waals surface area contributed by atoms with Crippen molar-refractivity contribution >= 4 is 5.82 Å². The summed E-state index contributed by atoms with van der Waals surface area (Å²) in [5.74, 6) is 0.442. The first-order valence-corrected chi connectivity index (χ1v) is 9.13. The molecule has 29 heavy (non-hydrogen) atoms. The maximum absolute atomic E-state index is 13.4. The number of aromatic amines is 1. The van der Waals surface area contributed by atoms with Gasteiger partial charge in [0.1, 0.15) is 11.6 Å². The van der Waals surface area contributed by atoms with Gasteiger partial charge in [-0.1, -0.05) is 18.2 Å². The number of H-pyrrole nitrogens is 1. The number of hydrogen-bond acceptors (Lipinski definition) is 4. The minimum Gasteiger partial charge on any atom is -0.364 e. The zero-order valence-corrected chi connectivity index (χ0v) is 15.8. The summed E-state index contributed by atoms with van der Waals surface area (Å²) >= 11 is 0. The molecular weight excluding hydrogens is 365 g/mol. The van der Waals surface area contributed by atoms with Gasteiger partial charge in [-0.3, -0.25) is 5.10 Å². The van der Waals surface area contributed by atoms with Gasteiger partial charge >= 0.3 is 0 Å². The van der Waals surface area contributed by atoms with E-state index in [1.807, 2.05) is 49.4 Å². The van der Waals surface area contributed by atoms with Crippen molar-refractivity contribution in [1.29, 1.82) is 5.26 Å². The Morgan fingerprint density at radius 3 is 2.76 bits per heavy atom. The van der Waals surface area contributed by atoms with Crippen LogP contribution in [0.5, 0.6) is 0 Å². The fourth-order valence-electron chi connectivity index (χ4n) is 3.19. The topological polar surface area (TPSA) is 77.4 Å². The Kier molecular flexibility index (Phi) is 5.04. The maximum atomic E-state index is 13.4. The fourth-order valence-corrected chi connectivity index (χ4v) is 3.19. The van der Waals surface area contributed by atoms with E-state index in [0.29, 0.717) is 17.8 Å². The van der Waals surface area contributed by atoms with Gasteiger partial charge in [-0.15, -0.1) is 0 Å². The van der Waals surface area contributed by atoms with Gasteiger partial charge in [-0.25, -0.2) is 9.37 Å². The number of aryl methyl sites for hydroxylation is 1. The van der Waals surface area contributed by atoms with E-state index < -0.39 is 0 Å². The van der Waals surface area contributed by atoms with Gasteiger partial charge in [0.15, 0.2) is 0 Å². The molecule has 0 aliphatic carbocycles. The Morgan fingerprint density at radius 1 is 1.07 bits per heavy atom. The number of halogens is 1. The van der Waals surface area contributed by atoms with E-state index in [1.54, 1.807) is 12.3 Å². The molecule has 5 nitrogen and oxygen atoms in total. The Morgan fingerprint density at radius 2 is 1.97 bits per heavy atom. The van der Waals surface area contributed by atoms with Crippen molar-refractivity contribution in [2.45, 2.75) is 13.5 Å². The number of aromatic nitrogens is 3. The minimum absolute atomic E-state index is 0.288. The molecule has 0 aliphatic rings. The fraction of sp³-hybridized carbons (Fsp3) is 0.0870. The lowest BCUT2D eigenvalue weighted by Gasteiger charge is -2.09. The second-order valence-electron chi connectivity index (χ2n) is 6.71. The molecule has 2 aromatic heterocycles. The highest BCUT2D eigenvalue weighted by Crippen LogP contribution is 2.26. The summed E-state index contributed by atoms with van der Waals surface area (Å²) in [6.45, 7) is 2.49. The monoisotopic (exact) mass is 383 g/mol. The molecule has 0 radical (unpaired) electrons. The van der Waals surface area contributed by atoms with Gasteiger partial charge in [0.05, 0.1) is 29.6 Å². The Balaban J connectivity index is 1.49. The van der Waals surface area contributed by atoms with Crippen LogP contribution in [0.15, 0.2) is 66.9 Å². The van der Waals surface area contributed by atoms with E-state index >= 15 is 0 Å². The molecule has 2 heterocycles. The summed E-state index contributed by atoms with van der Waals surface area (Å²) in [5.41, 5.74) is 6.05. The molecule has 4 aromatic rings. The molecule has 0 saturated carbocycles. The van der Waals surface area contributed by atoms with Crippen LogP contribution in [0.4, 0.5) is 10.2 Å². The lowest BCUT2D eigenvalue weighted by atomic mass is 9.99. The van der Waals surface area contributed by atoms with Crippen LogP contribution < -0.4 is 5.32 Å². The van der Waals surface area contributed by atoms with Crippen LogP contribution in [0.3, 0.4) is 0 Å². The molecular formula is C23H18FN5. The van der Waals surface area contributed by atoms with Gasteiger partial charge in [-0.2, -0.15) is 10.4 Å². The molecule has 0 amide bonds. The molecule has 0 bridgehead atoms. The zero-order valence-electron chi connectivity index (χ0n) is 15.8. The van der Waals surface area contributed by atoms with Crippen LogP contribution in [0.1, 0.15) is 16.8 Å². The second-order valence-corrected chi connectivity index (χ2v) is 6.71. The third-order valence-electron chi connectivity index (χ3n) is 4.64. The van der Waals surface area contributed by atoms with Crippen molar-refractivity contribution in [2.75, 3.05) is 5.32 Å². The smallest absolute Gasteiger partial charge is 0.126 e. The van der Waals surface area contributed by atoms with Crippen LogP contribution in [-0.2, 0) is 6.54 Å². The summed E-state index contributed by atoms with van der Waals surface area (Å²) in [4.78, 5) is 4.37. The molecule has 0 unspecified atom stereocenters. The lowest BCUT2D eigenvalue weighted by molar-refractivity contribution is 0.628. The number of nitrogens with zero attached hydrogens (tertiary/aromatic N) is 3. The first-order chi connectivity index (χ1) is 14.1. The highest BCUT2D eigenvalue weighted by molar-refractivity contribution is 5.70. The van der Waals surface area contributed by atoms with Crippen molar-refractivity contribution < 1.29 is 4.39 Å². The summed E-state index contributed by atoms with van der Waals surface area (Å²) in [5, 5.41) is 19.5. The van der Waals surface area contributed by atoms with Crippen molar-refractivity contribution in [3.05, 3.63) is 89.5 Å². The van der Waals surface area contributed by atoms with E-state index in [9.17, 15) is 4.39 Å². The Bertz CT molecular complexity index is 1210. The number of hydrogen-bond donors (Lipinski definition) is 2. The van der Waals surface area contributed by atoms with Crippen LogP contribution in [0.2, 0.25) is 0 Å².